The van der Waals surface area contributed by atoms with Crippen LogP contribution in [-0.4, -0.2) is 24.0 Å². The summed E-state index contributed by atoms with van der Waals surface area (Å²) in [6.45, 7) is 6.14. The highest BCUT2D eigenvalue weighted by Gasteiger charge is 2.32. The smallest absolute Gasteiger partial charge is 0.232 e. The molecule has 4 heteroatoms. The van der Waals surface area contributed by atoms with Gasteiger partial charge >= 0.3 is 0 Å². The van der Waals surface area contributed by atoms with Crippen LogP contribution in [0.3, 0.4) is 0 Å². The van der Waals surface area contributed by atoms with Gasteiger partial charge in [-0.2, -0.15) is 0 Å². The molecular weight excluding hydrogens is 362 g/mol. The lowest BCUT2D eigenvalue weighted by Crippen LogP contribution is -2.21. The van der Waals surface area contributed by atoms with Crippen molar-refractivity contribution >= 4 is 17.5 Å². The first-order chi connectivity index (χ1) is 14.1. The van der Waals surface area contributed by atoms with Gasteiger partial charge in [0.05, 0.1) is 5.56 Å². The molecule has 0 aromatic heterocycles. The van der Waals surface area contributed by atoms with E-state index in [2.05, 4.69) is 18.7 Å². The number of aromatic hydroxyl groups is 1. The van der Waals surface area contributed by atoms with E-state index in [9.17, 15) is 9.90 Å². The van der Waals surface area contributed by atoms with E-state index < -0.39 is 0 Å². The van der Waals surface area contributed by atoms with Gasteiger partial charge in [0.1, 0.15) is 11.5 Å². The minimum absolute atomic E-state index is 0.0664. The Morgan fingerprint density at radius 1 is 0.897 bits per heavy atom. The molecule has 1 heterocycles. The standard InChI is InChI=1S/C25H23NO3/c1-3-26(4-2)19-12-10-17(11-13-19)16-22-25(28)24-21(29-22)15-14-20(27)23(24)18-8-6-5-7-9-18/h5-16,27H,3-4H2,1-2H3/b22-16-. The second-order valence-electron chi connectivity index (χ2n) is 6.90. The van der Waals surface area contributed by atoms with E-state index in [4.69, 9.17) is 4.74 Å². The highest BCUT2D eigenvalue weighted by atomic mass is 16.5. The maximum Gasteiger partial charge on any atom is 0.232 e. The quantitative estimate of drug-likeness (QED) is 0.588. The van der Waals surface area contributed by atoms with Crippen molar-refractivity contribution in [2.24, 2.45) is 0 Å². The van der Waals surface area contributed by atoms with Crippen molar-refractivity contribution in [3.63, 3.8) is 0 Å². The third-order valence-corrected chi connectivity index (χ3v) is 5.20. The Bertz CT molecular complexity index is 1070. The van der Waals surface area contributed by atoms with Crippen LogP contribution >= 0.6 is 0 Å². The molecule has 1 aliphatic heterocycles. The van der Waals surface area contributed by atoms with Gasteiger partial charge in [0, 0.05) is 24.3 Å². The number of ether oxygens (including phenoxy) is 1. The van der Waals surface area contributed by atoms with Crippen LogP contribution in [0.15, 0.2) is 72.5 Å². The third-order valence-electron chi connectivity index (χ3n) is 5.20. The largest absolute Gasteiger partial charge is 0.507 e. The molecule has 4 rings (SSSR count). The molecule has 0 unspecified atom stereocenters. The van der Waals surface area contributed by atoms with Crippen LogP contribution in [0.2, 0.25) is 0 Å². The summed E-state index contributed by atoms with van der Waals surface area (Å²) in [6, 6.07) is 20.7. The Morgan fingerprint density at radius 2 is 1.59 bits per heavy atom. The first kappa shape index (κ1) is 18.8. The number of ketones is 1. The molecule has 0 saturated carbocycles. The molecule has 0 fully saturated rings. The van der Waals surface area contributed by atoms with Crippen molar-refractivity contribution in [3.05, 3.63) is 83.6 Å². The Labute approximate surface area is 170 Å². The molecule has 29 heavy (non-hydrogen) atoms. The molecule has 0 amide bonds. The summed E-state index contributed by atoms with van der Waals surface area (Å²) in [7, 11) is 0. The highest BCUT2D eigenvalue weighted by molar-refractivity contribution is 6.18. The first-order valence-corrected chi connectivity index (χ1v) is 9.83. The minimum Gasteiger partial charge on any atom is -0.507 e. The number of hydrogen-bond acceptors (Lipinski definition) is 4. The lowest BCUT2D eigenvalue weighted by Gasteiger charge is -2.20. The van der Waals surface area contributed by atoms with Gasteiger partial charge in [-0.25, -0.2) is 0 Å². The van der Waals surface area contributed by atoms with E-state index in [-0.39, 0.29) is 17.3 Å². The number of fused-ring (bicyclic) bond motifs is 1. The van der Waals surface area contributed by atoms with Gasteiger partial charge in [-0.3, -0.25) is 4.79 Å². The zero-order chi connectivity index (χ0) is 20.4. The van der Waals surface area contributed by atoms with Crippen LogP contribution in [-0.2, 0) is 0 Å². The molecule has 0 saturated heterocycles. The topological polar surface area (TPSA) is 49.8 Å². The van der Waals surface area contributed by atoms with Gasteiger partial charge in [0.25, 0.3) is 0 Å². The average molecular weight is 385 g/mol. The number of allylic oxidation sites excluding steroid dienone is 1. The fourth-order valence-electron chi connectivity index (χ4n) is 3.68. The Kier molecular flexibility index (Phi) is 5.09. The molecular formula is C25H23NO3. The molecule has 0 radical (unpaired) electrons. The van der Waals surface area contributed by atoms with Crippen LogP contribution in [0.1, 0.15) is 29.8 Å². The molecule has 0 aliphatic carbocycles. The Hall–Kier alpha value is -3.53. The van der Waals surface area contributed by atoms with Gasteiger partial charge in [-0.15, -0.1) is 0 Å². The molecule has 3 aromatic carbocycles. The van der Waals surface area contributed by atoms with Crippen molar-refractivity contribution in [1.82, 2.24) is 0 Å². The number of anilines is 1. The summed E-state index contributed by atoms with van der Waals surface area (Å²) in [6.07, 6.45) is 1.75. The van der Waals surface area contributed by atoms with Crippen molar-refractivity contribution in [3.8, 4) is 22.6 Å². The van der Waals surface area contributed by atoms with Crippen LogP contribution in [0, 0.1) is 0 Å². The van der Waals surface area contributed by atoms with Crippen LogP contribution < -0.4 is 9.64 Å². The summed E-state index contributed by atoms with van der Waals surface area (Å²) < 4.78 is 5.85. The lowest BCUT2D eigenvalue weighted by molar-refractivity contribution is 0.101. The lowest BCUT2D eigenvalue weighted by atomic mass is 9.95. The fraction of sp³-hybridized carbons (Fsp3) is 0.160. The van der Waals surface area contributed by atoms with Crippen molar-refractivity contribution in [1.29, 1.82) is 0 Å². The van der Waals surface area contributed by atoms with Crippen molar-refractivity contribution < 1.29 is 14.6 Å². The molecule has 3 aromatic rings. The second-order valence-corrected chi connectivity index (χ2v) is 6.90. The van der Waals surface area contributed by atoms with E-state index >= 15 is 0 Å². The van der Waals surface area contributed by atoms with E-state index in [1.807, 2.05) is 54.6 Å². The zero-order valence-electron chi connectivity index (χ0n) is 16.6. The number of phenolic OH excluding ortho intramolecular Hbond substituents is 1. The number of carbonyl (C=O) groups is 1. The number of benzene rings is 3. The number of hydrogen-bond donors (Lipinski definition) is 1. The molecule has 1 aliphatic rings. The summed E-state index contributed by atoms with van der Waals surface area (Å²) in [5.41, 5.74) is 3.73. The van der Waals surface area contributed by atoms with Gasteiger partial charge in [-0.1, -0.05) is 42.5 Å². The summed E-state index contributed by atoms with van der Waals surface area (Å²) >= 11 is 0. The van der Waals surface area contributed by atoms with Gasteiger partial charge < -0.3 is 14.7 Å². The number of Topliss-reactive ketones (excluding diaryl/α,β-unsaturated/α-hetero) is 1. The summed E-state index contributed by atoms with van der Waals surface area (Å²) in [4.78, 5) is 15.4. The molecule has 0 bridgehead atoms. The zero-order valence-corrected chi connectivity index (χ0v) is 16.6. The normalized spacial score (nSPS) is 14.0. The Balaban J connectivity index is 1.69. The maximum absolute atomic E-state index is 13.1. The summed E-state index contributed by atoms with van der Waals surface area (Å²) in [5.74, 6) is 0.579. The second kappa shape index (κ2) is 7.84. The maximum atomic E-state index is 13.1. The van der Waals surface area contributed by atoms with Gasteiger partial charge in [0.15, 0.2) is 5.76 Å². The summed E-state index contributed by atoms with van der Waals surface area (Å²) in [5, 5.41) is 10.4. The average Bonchev–Trinajstić information content (AvgIpc) is 3.06. The van der Waals surface area contributed by atoms with E-state index in [0.29, 0.717) is 16.9 Å². The predicted octanol–water partition coefficient (Wildman–Crippen LogP) is 5.52. The van der Waals surface area contributed by atoms with Crippen molar-refractivity contribution in [2.45, 2.75) is 13.8 Å². The van der Waals surface area contributed by atoms with Gasteiger partial charge in [-0.05, 0) is 55.3 Å². The predicted molar refractivity (Wildman–Crippen MR) is 116 cm³/mol. The van der Waals surface area contributed by atoms with Gasteiger partial charge in [0.2, 0.25) is 5.78 Å². The number of phenols is 1. The molecule has 1 N–H and O–H groups in total. The number of rotatable bonds is 5. The Morgan fingerprint density at radius 3 is 2.24 bits per heavy atom. The molecule has 0 spiro atoms. The molecule has 4 nitrogen and oxygen atoms in total. The van der Waals surface area contributed by atoms with Crippen LogP contribution in [0.4, 0.5) is 5.69 Å². The molecule has 146 valence electrons. The SMILES string of the molecule is CCN(CC)c1ccc(/C=C2\Oc3ccc(O)c(-c4ccccc4)c3C2=O)cc1. The highest BCUT2D eigenvalue weighted by Crippen LogP contribution is 2.43. The van der Waals surface area contributed by atoms with E-state index in [1.165, 1.54) is 0 Å². The fourth-order valence-corrected chi connectivity index (χ4v) is 3.68. The third kappa shape index (κ3) is 3.49. The molecule has 0 atom stereocenters. The van der Waals surface area contributed by atoms with E-state index in [0.717, 1.165) is 29.9 Å². The van der Waals surface area contributed by atoms with Crippen LogP contribution in [0.5, 0.6) is 11.5 Å². The first-order valence-electron chi connectivity index (χ1n) is 9.83. The monoisotopic (exact) mass is 385 g/mol. The minimum atomic E-state index is -0.220. The van der Waals surface area contributed by atoms with Crippen molar-refractivity contribution in [2.75, 3.05) is 18.0 Å². The number of carbonyl (C=O) groups excluding carboxylic acids is 1. The number of nitrogens with zero attached hydrogens (tertiary/aromatic N) is 1. The van der Waals surface area contributed by atoms with Crippen LogP contribution in [0.25, 0.3) is 17.2 Å². The van der Waals surface area contributed by atoms with E-state index in [1.54, 1.807) is 18.2 Å².